The molecule has 3 nitrogen and oxygen atoms in total. The predicted octanol–water partition coefficient (Wildman–Crippen LogP) is 2.28. The molecule has 0 radical (unpaired) electrons. The van der Waals surface area contributed by atoms with Gasteiger partial charge in [0.15, 0.2) is 0 Å². The second-order valence-corrected chi connectivity index (χ2v) is 5.16. The van der Waals surface area contributed by atoms with Gasteiger partial charge < -0.3 is 9.84 Å². The number of hydrogen-bond acceptors (Lipinski definition) is 3. The minimum Gasteiger partial charge on any atom is -0.465 e. The lowest BCUT2D eigenvalue weighted by Crippen LogP contribution is -2.29. The second kappa shape index (κ2) is 5.14. The number of benzene rings is 1. The van der Waals surface area contributed by atoms with Gasteiger partial charge in [-0.15, -0.1) is 0 Å². The number of esters is 1. The zero-order valence-electron chi connectivity index (χ0n) is 8.73. The van der Waals surface area contributed by atoms with Crippen LogP contribution in [0.2, 0.25) is 0 Å². The summed E-state index contributed by atoms with van der Waals surface area (Å²) in [4.78, 5) is 11.5. The van der Waals surface area contributed by atoms with E-state index in [0.717, 1.165) is 15.6 Å². The molecule has 0 saturated carbocycles. The number of ether oxygens (including phenoxy) is 1. The van der Waals surface area contributed by atoms with E-state index < -0.39 is 12.0 Å². The smallest absolute Gasteiger partial charge is 0.311 e. The Morgan fingerprint density at radius 2 is 2.31 bits per heavy atom. The van der Waals surface area contributed by atoms with Gasteiger partial charge >= 0.3 is 5.97 Å². The molecule has 0 spiro atoms. The highest BCUT2D eigenvalue weighted by molar-refractivity contribution is 14.1. The van der Waals surface area contributed by atoms with Crippen LogP contribution in [0.15, 0.2) is 24.3 Å². The third-order valence-electron chi connectivity index (χ3n) is 2.78. The van der Waals surface area contributed by atoms with E-state index in [1.165, 1.54) is 0 Å². The summed E-state index contributed by atoms with van der Waals surface area (Å²) < 4.78 is 6.02. The molecule has 1 heterocycles. The van der Waals surface area contributed by atoms with Gasteiger partial charge in [0.05, 0.1) is 18.6 Å². The van der Waals surface area contributed by atoms with Crippen LogP contribution >= 0.6 is 22.6 Å². The lowest BCUT2D eigenvalue weighted by molar-refractivity contribution is -0.158. The Balaban J connectivity index is 2.17. The average Bonchev–Trinajstić information content (AvgIpc) is 2.29. The Morgan fingerprint density at radius 3 is 3.00 bits per heavy atom. The van der Waals surface area contributed by atoms with E-state index in [2.05, 4.69) is 22.6 Å². The normalized spacial score (nSPS) is 22.6. The predicted molar refractivity (Wildman–Crippen MR) is 67.8 cm³/mol. The summed E-state index contributed by atoms with van der Waals surface area (Å²) in [6.07, 6.45) is 0.783. The van der Waals surface area contributed by atoms with Gasteiger partial charge in [0.2, 0.25) is 0 Å². The molecule has 4 heteroatoms. The van der Waals surface area contributed by atoms with Crippen LogP contribution in [-0.2, 0) is 9.53 Å². The molecule has 0 aromatic heterocycles. The summed E-state index contributed by atoms with van der Waals surface area (Å²) in [5.41, 5.74) is 0.788. The van der Waals surface area contributed by atoms with Gasteiger partial charge in [-0.2, -0.15) is 0 Å². The molecular weight excluding hydrogens is 319 g/mol. The zero-order valence-corrected chi connectivity index (χ0v) is 10.9. The van der Waals surface area contributed by atoms with Crippen molar-refractivity contribution in [1.29, 1.82) is 0 Å². The van der Waals surface area contributed by atoms with Crippen LogP contribution in [0, 0.1) is 9.49 Å². The first-order chi connectivity index (χ1) is 7.68. The highest BCUT2D eigenvalue weighted by Gasteiger charge is 2.31. The van der Waals surface area contributed by atoms with Gasteiger partial charge in [0.1, 0.15) is 0 Å². The largest absolute Gasteiger partial charge is 0.465 e. The summed E-state index contributed by atoms with van der Waals surface area (Å²) in [6, 6.07) is 7.58. The molecule has 1 saturated heterocycles. The Morgan fingerprint density at radius 1 is 1.50 bits per heavy atom. The lowest BCUT2D eigenvalue weighted by Gasteiger charge is -2.25. The van der Waals surface area contributed by atoms with Gasteiger partial charge in [-0.25, -0.2) is 0 Å². The van der Waals surface area contributed by atoms with Crippen molar-refractivity contribution in [3.8, 4) is 0 Å². The summed E-state index contributed by atoms with van der Waals surface area (Å²) in [5, 5.41) is 10.1. The molecule has 0 aliphatic carbocycles. The standard InChI is InChI=1S/C12H13IO3/c13-9-4-1-3-8(7-9)11(14)10-5-2-6-16-12(10)15/h1,3-4,7,10-11,14H,2,5-6H2. The summed E-state index contributed by atoms with van der Waals surface area (Å²) in [7, 11) is 0. The molecule has 0 bridgehead atoms. The van der Waals surface area contributed by atoms with Crippen molar-refractivity contribution in [3.63, 3.8) is 0 Å². The maximum Gasteiger partial charge on any atom is 0.311 e. The number of carbonyl (C=O) groups is 1. The first kappa shape index (κ1) is 11.9. The van der Waals surface area contributed by atoms with Crippen molar-refractivity contribution < 1.29 is 14.6 Å². The molecule has 2 atom stereocenters. The van der Waals surface area contributed by atoms with Gasteiger partial charge in [0.25, 0.3) is 0 Å². The quantitative estimate of drug-likeness (QED) is 0.668. The Bertz CT molecular complexity index is 392. The number of aliphatic hydroxyl groups is 1. The molecule has 0 amide bonds. The third-order valence-corrected chi connectivity index (χ3v) is 3.45. The Kier molecular flexibility index (Phi) is 3.81. The minimum absolute atomic E-state index is 0.280. The van der Waals surface area contributed by atoms with Gasteiger partial charge in [-0.1, -0.05) is 12.1 Å². The summed E-state index contributed by atoms with van der Waals surface area (Å²) in [5.74, 6) is -0.690. The van der Waals surface area contributed by atoms with Crippen molar-refractivity contribution in [2.45, 2.75) is 18.9 Å². The fourth-order valence-electron chi connectivity index (χ4n) is 1.91. The Labute approximate surface area is 108 Å². The van der Waals surface area contributed by atoms with E-state index in [-0.39, 0.29) is 5.97 Å². The van der Waals surface area contributed by atoms with Crippen LogP contribution in [-0.4, -0.2) is 17.7 Å². The molecule has 1 aliphatic rings. The molecular formula is C12H13IO3. The second-order valence-electron chi connectivity index (χ2n) is 3.92. The van der Waals surface area contributed by atoms with Gasteiger partial charge in [-0.3, -0.25) is 4.79 Å². The molecule has 1 aromatic rings. The molecule has 1 aliphatic heterocycles. The fraction of sp³-hybridized carbons (Fsp3) is 0.417. The van der Waals surface area contributed by atoms with E-state index in [1.54, 1.807) is 0 Å². The number of rotatable bonds is 2. The number of carbonyl (C=O) groups excluding carboxylic acids is 1. The zero-order chi connectivity index (χ0) is 11.5. The van der Waals surface area contributed by atoms with Crippen LogP contribution < -0.4 is 0 Å². The van der Waals surface area contributed by atoms with E-state index >= 15 is 0 Å². The number of halogens is 1. The van der Waals surface area contributed by atoms with E-state index in [1.807, 2.05) is 24.3 Å². The maximum atomic E-state index is 11.5. The first-order valence-electron chi connectivity index (χ1n) is 5.28. The molecule has 1 fully saturated rings. The van der Waals surface area contributed by atoms with Gasteiger partial charge in [-0.05, 0) is 53.1 Å². The van der Waals surface area contributed by atoms with Crippen LogP contribution in [0.4, 0.5) is 0 Å². The number of aliphatic hydroxyl groups excluding tert-OH is 1. The van der Waals surface area contributed by atoms with Crippen molar-refractivity contribution >= 4 is 28.6 Å². The van der Waals surface area contributed by atoms with E-state index in [9.17, 15) is 9.90 Å². The highest BCUT2D eigenvalue weighted by atomic mass is 127. The van der Waals surface area contributed by atoms with Crippen LogP contribution in [0.25, 0.3) is 0 Å². The summed E-state index contributed by atoms with van der Waals surface area (Å²) >= 11 is 2.19. The van der Waals surface area contributed by atoms with Crippen LogP contribution in [0.1, 0.15) is 24.5 Å². The Hall–Kier alpha value is -0.620. The highest BCUT2D eigenvalue weighted by Crippen LogP contribution is 2.30. The third kappa shape index (κ3) is 2.55. The van der Waals surface area contributed by atoms with Crippen molar-refractivity contribution in [1.82, 2.24) is 0 Å². The number of hydrogen-bond donors (Lipinski definition) is 1. The first-order valence-corrected chi connectivity index (χ1v) is 6.36. The molecule has 1 N–H and O–H groups in total. The lowest BCUT2D eigenvalue weighted by atomic mass is 9.90. The topological polar surface area (TPSA) is 46.5 Å². The summed E-state index contributed by atoms with van der Waals surface area (Å²) in [6.45, 7) is 0.481. The van der Waals surface area contributed by atoms with Crippen molar-refractivity contribution in [2.24, 2.45) is 5.92 Å². The molecule has 16 heavy (non-hydrogen) atoms. The molecule has 1 aromatic carbocycles. The number of cyclic esters (lactones) is 1. The van der Waals surface area contributed by atoms with E-state index in [4.69, 9.17) is 4.74 Å². The van der Waals surface area contributed by atoms with Crippen molar-refractivity contribution in [3.05, 3.63) is 33.4 Å². The molecule has 86 valence electrons. The van der Waals surface area contributed by atoms with Gasteiger partial charge in [0, 0.05) is 3.57 Å². The SMILES string of the molecule is O=C1OCCCC1C(O)c1cccc(I)c1. The van der Waals surface area contributed by atoms with E-state index in [0.29, 0.717) is 13.0 Å². The minimum atomic E-state index is -0.748. The molecule has 2 rings (SSSR count). The molecule has 2 unspecified atom stereocenters. The fourth-order valence-corrected chi connectivity index (χ4v) is 2.48. The van der Waals surface area contributed by atoms with Crippen LogP contribution in [0.3, 0.4) is 0 Å². The van der Waals surface area contributed by atoms with Crippen molar-refractivity contribution in [2.75, 3.05) is 6.61 Å². The monoisotopic (exact) mass is 332 g/mol. The average molecular weight is 332 g/mol. The van der Waals surface area contributed by atoms with Crippen LogP contribution in [0.5, 0.6) is 0 Å². The maximum absolute atomic E-state index is 11.5.